The van der Waals surface area contributed by atoms with Gasteiger partial charge in [-0.2, -0.15) is 0 Å². The van der Waals surface area contributed by atoms with Crippen LogP contribution in [0, 0.1) is 11.7 Å². The highest BCUT2D eigenvalue weighted by molar-refractivity contribution is 5.92. The van der Waals surface area contributed by atoms with E-state index in [1.165, 1.54) is 12.1 Å². The molecule has 1 aliphatic heterocycles. The van der Waals surface area contributed by atoms with Crippen LogP contribution in [0.4, 0.5) is 4.39 Å². The van der Waals surface area contributed by atoms with Crippen LogP contribution in [0.25, 0.3) is 0 Å². The van der Waals surface area contributed by atoms with Crippen molar-refractivity contribution in [1.29, 1.82) is 0 Å². The summed E-state index contributed by atoms with van der Waals surface area (Å²) in [5.74, 6) is -0.653. The highest BCUT2D eigenvalue weighted by atomic mass is 19.1. The Morgan fingerprint density at radius 3 is 2.94 bits per heavy atom. The van der Waals surface area contributed by atoms with Crippen molar-refractivity contribution >= 4 is 5.91 Å². The van der Waals surface area contributed by atoms with Crippen molar-refractivity contribution in [2.45, 2.75) is 19.4 Å². The van der Waals surface area contributed by atoms with E-state index in [9.17, 15) is 9.18 Å². The van der Waals surface area contributed by atoms with E-state index in [1.54, 1.807) is 0 Å². The number of primary amides is 1. The first-order valence-corrected chi connectivity index (χ1v) is 6.04. The van der Waals surface area contributed by atoms with Crippen LogP contribution in [-0.2, 0) is 0 Å². The van der Waals surface area contributed by atoms with Gasteiger partial charge in [0.05, 0.1) is 0 Å². The van der Waals surface area contributed by atoms with Gasteiger partial charge in [-0.1, -0.05) is 6.92 Å². The molecule has 18 heavy (non-hydrogen) atoms. The molecule has 98 valence electrons. The van der Waals surface area contributed by atoms with E-state index >= 15 is 0 Å². The van der Waals surface area contributed by atoms with Gasteiger partial charge in [0.25, 0.3) is 0 Å². The second-order valence-corrected chi connectivity index (χ2v) is 4.64. The minimum atomic E-state index is -0.645. The quantitative estimate of drug-likeness (QED) is 0.852. The van der Waals surface area contributed by atoms with Crippen molar-refractivity contribution in [3.05, 3.63) is 29.6 Å². The summed E-state index contributed by atoms with van der Waals surface area (Å²) < 4.78 is 19.4. The molecule has 0 spiro atoms. The maximum atomic E-state index is 13.7. The van der Waals surface area contributed by atoms with Gasteiger partial charge in [0.15, 0.2) is 11.6 Å². The number of nitrogens with one attached hydrogen (secondary N) is 1. The van der Waals surface area contributed by atoms with E-state index in [-0.39, 0.29) is 17.4 Å². The summed E-state index contributed by atoms with van der Waals surface area (Å²) in [4.78, 5) is 10.9. The third-order valence-corrected chi connectivity index (χ3v) is 3.25. The Labute approximate surface area is 105 Å². The molecule has 1 heterocycles. The van der Waals surface area contributed by atoms with Crippen LogP contribution >= 0.6 is 0 Å². The zero-order valence-electron chi connectivity index (χ0n) is 10.3. The predicted molar refractivity (Wildman–Crippen MR) is 66.0 cm³/mol. The van der Waals surface area contributed by atoms with Gasteiger partial charge in [0.1, 0.15) is 6.10 Å². The summed E-state index contributed by atoms with van der Waals surface area (Å²) in [6.45, 7) is 3.75. The lowest BCUT2D eigenvalue weighted by Gasteiger charge is -2.30. The lowest BCUT2D eigenvalue weighted by Crippen LogP contribution is -2.43. The van der Waals surface area contributed by atoms with E-state index in [2.05, 4.69) is 12.2 Å². The molecule has 0 saturated carbocycles. The summed E-state index contributed by atoms with van der Waals surface area (Å²) in [5.41, 5.74) is 5.23. The normalized spacial score (nSPS) is 23.7. The molecule has 1 aromatic rings. The van der Waals surface area contributed by atoms with Gasteiger partial charge < -0.3 is 15.8 Å². The van der Waals surface area contributed by atoms with E-state index < -0.39 is 11.7 Å². The Balaban J connectivity index is 2.11. The predicted octanol–water partition coefficient (Wildman–Crippen LogP) is 1.30. The lowest BCUT2D eigenvalue weighted by molar-refractivity contribution is 0.0998. The van der Waals surface area contributed by atoms with Gasteiger partial charge >= 0.3 is 0 Å². The summed E-state index contributed by atoms with van der Waals surface area (Å²) in [7, 11) is 0. The van der Waals surface area contributed by atoms with Crippen LogP contribution in [0.15, 0.2) is 18.2 Å². The number of benzene rings is 1. The van der Waals surface area contributed by atoms with Crippen molar-refractivity contribution < 1.29 is 13.9 Å². The summed E-state index contributed by atoms with van der Waals surface area (Å²) in [6.07, 6.45) is 0.957. The van der Waals surface area contributed by atoms with Crippen molar-refractivity contribution in [2.75, 3.05) is 13.1 Å². The second kappa shape index (κ2) is 5.35. The fourth-order valence-corrected chi connectivity index (χ4v) is 2.03. The highest BCUT2D eigenvalue weighted by Gasteiger charge is 2.23. The monoisotopic (exact) mass is 252 g/mol. The molecular weight excluding hydrogens is 235 g/mol. The molecule has 0 aromatic heterocycles. The topological polar surface area (TPSA) is 64.3 Å². The largest absolute Gasteiger partial charge is 0.486 e. The van der Waals surface area contributed by atoms with E-state index in [1.807, 2.05) is 0 Å². The fourth-order valence-electron chi connectivity index (χ4n) is 2.03. The molecule has 1 aliphatic rings. The van der Waals surface area contributed by atoms with Crippen LogP contribution in [0.5, 0.6) is 5.75 Å². The third-order valence-electron chi connectivity index (χ3n) is 3.25. The van der Waals surface area contributed by atoms with Gasteiger partial charge in [0, 0.05) is 12.1 Å². The van der Waals surface area contributed by atoms with Crippen LogP contribution in [-0.4, -0.2) is 25.1 Å². The number of ether oxygens (including phenoxy) is 1. The van der Waals surface area contributed by atoms with E-state index in [0.717, 1.165) is 19.0 Å². The average molecular weight is 252 g/mol. The Morgan fingerprint density at radius 1 is 1.56 bits per heavy atom. The standard InChI is InChI=1S/C13H17FN2O2/c1-8-4-5-16-7-12(8)18-11-3-2-9(13(15)17)6-10(11)14/h2-3,6,8,12,16H,4-5,7H2,1H3,(H2,15,17). The summed E-state index contributed by atoms with van der Waals surface area (Å²) in [6, 6.07) is 4.04. The van der Waals surface area contributed by atoms with E-state index in [0.29, 0.717) is 12.5 Å². The van der Waals surface area contributed by atoms with Crippen LogP contribution < -0.4 is 15.8 Å². The molecule has 0 radical (unpaired) electrons. The fraction of sp³-hybridized carbons (Fsp3) is 0.462. The smallest absolute Gasteiger partial charge is 0.248 e. The molecule has 4 nitrogen and oxygen atoms in total. The van der Waals surface area contributed by atoms with Gasteiger partial charge in [-0.15, -0.1) is 0 Å². The van der Waals surface area contributed by atoms with Crippen LogP contribution in [0.2, 0.25) is 0 Å². The van der Waals surface area contributed by atoms with Crippen molar-refractivity contribution in [3.63, 3.8) is 0 Å². The number of carbonyl (C=O) groups excluding carboxylic acids is 1. The zero-order valence-corrected chi connectivity index (χ0v) is 10.3. The van der Waals surface area contributed by atoms with Crippen LogP contribution in [0.3, 0.4) is 0 Å². The number of halogens is 1. The summed E-state index contributed by atoms with van der Waals surface area (Å²) >= 11 is 0. The van der Waals surface area contributed by atoms with Gasteiger partial charge in [-0.05, 0) is 37.1 Å². The summed E-state index contributed by atoms with van der Waals surface area (Å²) in [5, 5.41) is 3.21. The Morgan fingerprint density at radius 2 is 2.33 bits per heavy atom. The van der Waals surface area contributed by atoms with Gasteiger partial charge in [-0.25, -0.2) is 4.39 Å². The van der Waals surface area contributed by atoms with Gasteiger partial charge in [0.2, 0.25) is 5.91 Å². The number of hydrogen-bond acceptors (Lipinski definition) is 3. The molecule has 3 N–H and O–H groups in total. The molecule has 5 heteroatoms. The minimum Gasteiger partial charge on any atom is -0.486 e. The molecule has 1 amide bonds. The Bertz CT molecular complexity index is 451. The average Bonchev–Trinajstić information content (AvgIpc) is 2.34. The molecule has 0 aliphatic carbocycles. The number of rotatable bonds is 3. The third kappa shape index (κ3) is 2.79. The Kier molecular flexibility index (Phi) is 3.81. The van der Waals surface area contributed by atoms with Gasteiger partial charge in [-0.3, -0.25) is 4.79 Å². The lowest BCUT2D eigenvalue weighted by atomic mass is 9.97. The zero-order chi connectivity index (χ0) is 13.1. The molecule has 2 atom stereocenters. The molecule has 1 fully saturated rings. The number of amides is 1. The molecule has 2 unspecified atom stereocenters. The number of piperidine rings is 1. The van der Waals surface area contributed by atoms with Crippen molar-refractivity contribution in [1.82, 2.24) is 5.32 Å². The molecular formula is C13H17FN2O2. The number of hydrogen-bond donors (Lipinski definition) is 2. The maximum absolute atomic E-state index is 13.7. The first-order valence-electron chi connectivity index (χ1n) is 6.04. The number of nitrogens with two attached hydrogens (primary N) is 1. The number of carbonyl (C=O) groups is 1. The first-order chi connectivity index (χ1) is 8.58. The maximum Gasteiger partial charge on any atom is 0.248 e. The molecule has 1 saturated heterocycles. The highest BCUT2D eigenvalue weighted by Crippen LogP contribution is 2.23. The molecule has 2 rings (SSSR count). The SMILES string of the molecule is CC1CCNCC1Oc1ccc(C(N)=O)cc1F. The van der Waals surface area contributed by atoms with Crippen molar-refractivity contribution in [2.24, 2.45) is 11.7 Å². The van der Waals surface area contributed by atoms with Crippen molar-refractivity contribution in [3.8, 4) is 5.75 Å². The Hall–Kier alpha value is -1.62. The molecule has 1 aromatic carbocycles. The first kappa shape index (κ1) is 12.8. The van der Waals surface area contributed by atoms with E-state index in [4.69, 9.17) is 10.5 Å². The second-order valence-electron chi connectivity index (χ2n) is 4.64. The van der Waals surface area contributed by atoms with Crippen LogP contribution in [0.1, 0.15) is 23.7 Å². The minimum absolute atomic E-state index is 0.0484. The molecule has 0 bridgehead atoms.